The number of nitrogens with zero attached hydrogens (tertiary/aromatic N) is 5. The third-order valence-corrected chi connectivity index (χ3v) is 8.68. The maximum Gasteiger partial charge on any atom is 0.416 e. The summed E-state index contributed by atoms with van der Waals surface area (Å²) in [5, 5.41) is 7.35. The summed E-state index contributed by atoms with van der Waals surface area (Å²) in [7, 11) is 1.91. The molecule has 0 spiro atoms. The summed E-state index contributed by atoms with van der Waals surface area (Å²) in [4.78, 5) is 37.2. The molecule has 43 heavy (non-hydrogen) atoms. The molecule has 2 aliphatic rings. The van der Waals surface area contributed by atoms with Gasteiger partial charge < -0.3 is 9.74 Å². The lowest BCUT2D eigenvalue weighted by atomic mass is 9.98. The van der Waals surface area contributed by atoms with E-state index in [1.807, 2.05) is 38.8 Å². The van der Waals surface area contributed by atoms with Crippen LogP contribution in [0.2, 0.25) is 5.02 Å². The minimum absolute atomic E-state index is 0.0148. The van der Waals surface area contributed by atoms with E-state index in [0.717, 1.165) is 29.9 Å². The quantitative estimate of drug-likeness (QED) is 0.292. The molecular formula is C30H31ClF3N5O3S. The molecule has 13 heteroatoms. The van der Waals surface area contributed by atoms with Crippen molar-refractivity contribution >= 4 is 57.4 Å². The van der Waals surface area contributed by atoms with Gasteiger partial charge in [0.15, 0.2) is 5.17 Å². The third kappa shape index (κ3) is 7.08. The first-order valence-electron chi connectivity index (χ1n) is 13.7. The van der Waals surface area contributed by atoms with Crippen LogP contribution in [0.15, 0.2) is 52.5 Å². The number of rotatable bonds is 5. The standard InChI is InChI=1S/C30H31ClF3N5O3S/c1-29(2,3)27(41)42-38-11-9-22(10-12-38)37(4)28-36-26(40)25(43-28)14-18-5-8-24-20(13-18)16-35-39(24)17-19-6-7-21(31)15-23(19)30(32,33)34/h5-8,13-16,22H,9-12,17H2,1-4H3. The second kappa shape index (κ2) is 12.0. The van der Waals surface area contributed by atoms with Crippen molar-refractivity contribution in [1.29, 1.82) is 0 Å². The predicted molar refractivity (Wildman–Crippen MR) is 161 cm³/mol. The molecular weight excluding hydrogens is 603 g/mol. The van der Waals surface area contributed by atoms with Gasteiger partial charge in [0, 0.05) is 36.6 Å². The van der Waals surface area contributed by atoms with E-state index in [4.69, 9.17) is 16.4 Å². The molecule has 3 aromatic rings. The zero-order chi connectivity index (χ0) is 31.1. The lowest BCUT2D eigenvalue weighted by Crippen LogP contribution is -2.46. The van der Waals surface area contributed by atoms with E-state index < -0.39 is 17.2 Å². The number of fused-ring (bicyclic) bond motifs is 1. The molecule has 0 unspecified atom stereocenters. The van der Waals surface area contributed by atoms with Crippen molar-refractivity contribution in [2.75, 3.05) is 20.1 Å². The Morgan fingerprint density at radius 1 is 1.16 bits per heavy atom. The van der Waals surface area contributed by atoms with E-state index in [9.17, 15) is 22.8 Å². The predicted octanol–water partition coefficient (Wildman–Crippen LogP) is 6.63. The van der Waals surface area contributed by atoms with Crippen LogP contribution in [0.4, 0.5) is 13.2 Å². The minimum Gasteiger partial charge on any atom is -0.367 e. The summed E-state index contributed by atoms with van der Waals surface area (Å²) in [6, 6.07) is 9.26. The Bertz CT molecular complexity index is 1620. The molecule has 3 heterocycles. The topological polar surface area (TPSA) is 80.0 Å². The number of hydrogen-bond donors (Lipinski definition) is 0. The summed E-state index contributed by atoms with van der Waals surface area (Å²) < 4.78 is 42.2. The fraction of sp³-hybridized carbons (Fsp3) is 0.400. The van der Waals surface area contributed by atoms with Crippen molar-refractivity contribution in [3.8, 4) is 0 Å². The fourth-order valence-electron chi connectivity index (χ4n) is 4.86. The normalized spacial score (nSPS) is 18.0. The summed E-state index contributed by atoms with van der Waals surface area (Å²) in [6.45, 7) is 6.56. The number of benzene rings is 2. The van der Waals surface area contributed by atoms with Gasteiger partial charge >= 0.3 is 12.1 Å². The molecule has 0 aliphatic carbocycles. The molecule has 228 valence electrons. The molecule has 1 saturated heterocycles. The zero-order valence-electron chi connectivity index (χ0n) is 24.1. The van der Waals surface area contributed by atoms with E-state index in [1.165, 1.54) is 28.6 Å². The van der Waals surface area contributed by atoms with Crippen LogP contribution in [0.25, 0.3) is 17.0 Å². The van der Waals surface area contributed by atoms with Crippen LogP contribution in [0.5, 0.6) is 0 Å². The summed E-state index contributed by atoms with van der Waals surface area (Å²) in [5.74, 6) is -0.598. The highest BCUT2D eigenvalue weighted by Gasteiger charge is 2.34. The molecule has 5 rings (SSSR count). The molecule has 1 aromatic heterocycles. The van der Waals surface area contributed by atoms with E-state index in [2.05, 4.69) is 10.1 Å². The lowest BCUT2D eigenvalue weighted by Gasteiger charge is -2.36. The number of hydroxylamine groups is 2. The number of halogens is 4. The number of carbonyl (C=O) groups is 2. The van der Waals surface area contributed by atoms with Crippen LogP contribution < -0.4 is 0 Å². The molecule has 0 N–H and O–H groups in total. The number of hydrogen-bond acceptors (Lipinski definition) is 7. The zero-order valence-corrected chi connectivity index (χ0v) is 25.7. The Balaban J connectivity index is 1.24. The van der Waals surface area contributed by atoms with Gasteiger partial charge in [-0.3, -0.25) is 9.48 Å². The number of aliphatic imine (C=N–C) groups is 1. The Morgan fingerprint density at radius 3 is 2.56 bits per heavy atom. The molecule has 0 radical (unpaired) electrons. The fourth-order valence-corrected chi connectivity index (χ4v) is 5.98. The number of alkyl halides is 3. The Hall–Kier alpha value is -3.35. The van der Waals surface area contributed by atoms with E-state index >= 15 is 0 Å². The van der Waals surface area contributed by atoms with Crippen molar-refractivity contribution in [1.82, 2.24) is 19.7 Å². The van der Waals surface area contributed by atoms with Gasteiger partial charge in [-0.05, 0) is 86.8 Å². The monoisotopic (exact) mass is 633 g/mol. The number of piperidine rings is 1. The third-order valence-electron chi connectivity index (χ3n) is 7.37. The second-order valence-electron chi connectivity index (χ2n) is 11.6. The molecule has 8 nitrogen and oxygen atoms in total. The maximum absolute atomic E-state index is 13.6. The van der Waals surface area contributed by atoms with E-state index in [1.54, 1.807) is 29.5 Å². The minimum atomic E-state index is -4.54. The number of amides is 1. The Morgan fingerprint density at radius 2 is 1.88 bits per heavy atom. The highest BCUT2D eigenvalue weighted by atomic mass is 35.5. The first-order chi connectivity index (χ1) is 20.2. The highest BCUT2D eigenvalue weighted by molar-refractivity contribution is 8.18. The number of amidine groups is 1. The van der Waals surface area contributed by atoms with Gasteiger partial charge in [0.2, 0.25) is 0 Å². The van der Waals surface area contributed by atoms with E-state index in [0.29, 0.717) is 28.7 Å². The summed E-state index contributed by atoms with van der Waals surface area (Å²) >= 11 is 7.11. The lowest BCUT2D eigenvalue weighted by molar-refractivity contribution is -0.205. The average molecular weight is 634 g/mol. The largest absolute Gasteiger partial charge is 0.416 e. The van der Waals surface area contributed by atoms with Crippen molar-refractivity contribution in [2.24, 2.45) is 10.4 Å². The van der Waals surface area contributed by atoms with Crippen LogP contribution in [0, 0.1) is 5.41 Å². The second-order valence-corrected chi connectivity index (χ2v) is 13.1. The number of thioether (sulfide) groups is 1. The van der Waals surface area contributed by atoms with Crippen LogP contribution in [-0.2, 0) is 27.1 Å². The molecule has 1 fully saturated rings. The Labute approximate surface area is 256 Å². The van der Waals surface area contributed by atoms with Gasteiger partial charge in [0.25, 0.3) is 5.91 Å². The average Bonchev–Trinajstić information content (AvgIpc) is 3.51. The first-order valence-corrected chi connectivity index (χ1v) is 14.9. The van der Waals surface area contributed by atoms with Gasteiger partial charge in [0.05, 0.1) is 34.1 Å². The van der Waals surface area contributed by atoms with Crippen molar-refractivity contribution < 1.29 is 27.6 Å². The van der Waals surface area contributed by atoms with Gasteiger partial charge in [-0.2, -0.15) is 23.3 Å². The molecule has 1 amide bonds. The molecule has 2 aliphatic heterocycles. The van der Waals surface area contributed by atoms with Gasteiger partial charge in [-0.15, -0.1) is 5.06 Å². The molecule has 0 saturated carbocycles. The number of carbonyl (C=O) groups excluding carboxylic acids is 2. The van der Waals surface area contributed by atoms with Crippen molar-refractivity contribution in [3.05, 3.63) is 69.2 Å². The molecule has 2 aromatic carbocycles. The smallest absolute Gasteiger partial charge is 0.367 e. The first kappa shape index (κ1) is 31.1. The summed E-state index contributed by atoms with van der Waals surface area (Å²) in [6.07, 6.45) is 0.305. The Kier molecular flexibility index (Phi) is 8.65. The molecule has 0 bridgehead atoms. The SMILES string of the molecule is CN(C1=NC(=O)C(=Cc2ccc3c(cnn3Cc3ccc(Cl)cc3C(F)(F)F)c2)S1)C1CCN(OC(=O)C(C)(C)C)CC1. The highest BCUT2D eigenvalue weighted by Crippen LogP contribution is 2.35. The van der Waals surface area contributed by atoms with Crippen molar-refractivity contribution in [3.63, 3.8) is 0 Å². The number of aromatic nitrogens is 2. The van der Waals surface area contributed by atoms with Gasteiger partial charge in [0.1, 0.15) is 0 Å². The van der Waals surface area contributed by atoms with Crippen LogP contribution in [0.1, 0.15) is 50.3 Å². The van der Waals surface area contributed by atoms with Gasteiger partial charge in [-0.25, -0.2) is 4.79 Å². The molecule has 0 atom stereocenters. The van der Waals surface area contributed by atoms with Gasteiger partial charge in [-0.1, -0.05) is 23.7 Å². The van der Waals surface area contributed by atoms with E-state index in [-0.39, 0.29) is 35.0 Å². The maximum atomic E-state index is 13.6. The van der Waals surface area contributed by atoms with Crippen LogP contribution in [-0.4, -0.2) is 63.0 Å². The van der Waals surface area contributed by atoms with Crippen molar-refractivity contribution in [2.45, 2.75) is 52.4 Å². The summed E-state index contributed by atoms with van der Waals surface area (Å²) in [5.41, 5.74) is 0.100. The van der Waals surface area contributed by atoms with Crippen LogP contribution >= 0.6 is 23.4 Å². The van der Waals surface area contributed by atoms with Crippen LogP contribution in [0.3, 0.4) is 0 Å².